The molecule has 4 aromatic rings. The number of Topliss-reactive ketones (excluding diaryl/α,β-unsaturated/α-hetero) is 1. The number of carbonyl (C=O) groups is 1. The summed E-state index contributed by atoms with van der Waals surface area (Å²) in [7, 11) is 1.81. The number of nitrogens with zero attached hydrogens (tertiary/aromatic N) is 4. The highest BCUT2D eigenvalue weighted by atomic mass is 19.1. The molecule has 38 heavy (non-hydrogen) atoms. The van der Waals surface area contributed by atoms with Gasteiger partial charge in [-0.15, -0.1) is 0 Å². The number of ether oxygens (including phenoxy) is 1. The summed E-state index contributed by atoms with van der Waals surface area (Å²) >= 11 is 0. The van der Waals surface area contributed by atoms with Crippen LogP contribution < -0.4 is 10.1 Å². The Bertz CT molecular complexity index is 1480. The number of nitrogens with one attached hydrogen (secondary N) is 1. The molecule has 3 heterocycles. The largest absolute Gasteiger partial charge is 0.457 e. The van der Waals surface area contributed by atoms with Crippen LogP contribution in [-0.2, 0) is 18.3 Å². The molecule has 1 fully saturated rings. The molecule has 0 unspecified atom stereocenters. The number of halogens is 2. The van der Waals surface area contributed by atoms with Crippen molar-refractivity contribution in [2.45, 2.75) is 33.1 Å². The van der Waals surface area contributed by atoms with E-state index >= 15 is 0 Å². The van der Waals surface area contributed by atoms with Crippen molar-refractivity contribution in [3.05, 3.63) is 71.6 Å². The zero-order chi connectivity index (χ0) is 26.8. The third kappa shape index (κ3) is 5.83. The van der Waals surface area contributed by atoms with Gasteiger partial charge in [0.15, 0.2) is 5.78 Å². The van der Waals surface area contributed by atoms with Crippen molar-refractivity contribution in [3.8, 4) is 11.5 Å². The predicted molar refractivity (Wildman–Crippen MR) is 143 cm³/mol. The van der Waals surface area contributed by atoms with E-state index in [-0.39, 0.29) is 17.9 Å². The molecule has 1 saturated heterocycles. The number of rotatable bonds is 8. The number of hydrogen-bond donors (Lipinski definition) is 1. The number of piperidine rings is 1. The van der Waals surface area contributed by atoms with Crippen LogP contribution in [0.25, 0.3) is 11.0 Å². The Morgan fingerprint density at radius 3 is 2.63 bits per heavy atom. The molecule has 1 aliphatic heterocycles. The van der Waals surface area contributed by atoms with E-state index in [1.807, 2.05) is 19.2 Å². The number of imidazole rings is 1. The van der Waals surface area contributed by atoms with Gasteiger partial charge >= 0.3 is 0 Å². The summed E-state index contributed by atoms with van der Waals surface area (Å²) in [5, 5.41) is 2.95. The number of aromatic nitrogens is 3. The van der Waals surface area contributed by atoms with E-state index < -0.39 is 11.6 Å². The van der Waals surface area contributed by atoms with Gasteiger partial charge in [-0.05, 0) is 68.6 Å². The maximum Gasteiger partial charge on any atom is 0.208 e. The highest BCUT2D eigenvalue weighted by molar-refractivity contribution is 5.83. The first kappa shape index (κ1) is 25.8. The van der Waals surface area contributed by atoms with Gasteiger partial charge in [-0.3, -0.25) is 14.7 Å². The molecule has 0 atom stereocenters. The number of anilines is 2. The number of hydrogen-bond acceptors (Lipinski definition) is 6. The Morgan fingerprint density at radius 2 is 1.84 bits per heavy atom. The quantitative estimate of drug-likeness (QED) is 0.311. The van der Waals surface area contributed by atoms with Gasteiger partial charge in [0.2, 0.25) is 5.95 Å². The molecule has 0 radical (unpaired) electrons. The molecular formula is C29H31F2N5O2. The molecule has 1 N–H and O–H groups in total. The van der Waals surface area contributed by atoms with Crippen LogP contribution in [0.4, 0.5) is 20.4 Å². The molecule has 1 aliphatic rings. The third-order valence-corrected chi connectivity index (χ3v) is 7.03. The van der Waals surface area contributed by atoms with Crippen LogP contribution in [0.5, 0.6) is 11.5 Å². The molecule has 0 spiro atoms. The summed E-state index contributed by atoms with van der Waals surface area (Å²) in [6, 6.07) is 11.3. The van der Waals surface area contributed by atoms with Gasteiger partial charge in [0.1, 0.15) is 23.1 Å². The van der Waals surface area contributed by atoms with Gasteiger partial charge < -0.3 is 14.6 Å². The van der Waals surface area contributed by atoms with Crippen LogP contribution in [0.2, 0.25) is 0 Å². The fourth-order valence-electron chi connectivity index (χ4n) is 4.71. The Kier molecular flexibility index (Phi) is 7.37. The molecule has 9 heteroatoms. The molecule has 2 aromatic carbocycles. The third-order valence-electron chi connectivity index (χ3n) is 7.03. The first-order valence-corrected chi connectivity index (χ1v) is 12.8. The molecule has 5 rings (SSSR count). The Balaban J connectivity index is 1.27. The molecule has 0 saturated carbocycles. The zero-order valence-corrected chi connectivity index (χ0v) is 21.8. The van der Waals surface area contributed by atoms with Gasteiger partial charge in [0.25, 0.3) is 0 Å². The van der Waals surface area contributed by atoms with E-state index in [2.05, 4.69) is 27.1 Å². The van der Waals surface area contributed by atoms with Gasteiger partial charge in [0.05, 0.1) is 35.4 Å². The molecule has 7 nitrogen and oxygen atoms in total. The van der Waals surface area contributed by atoms with Gasteiger partial charge in [-0.2, -0.15) is 0 Å². The second kappa shape index (κ2) is 10.9. The van der Waals surface area contributed by atoms with Crippen molar-refractivity contribution in [2.75, 3.05) is 25.0 Å². The molecule has 0 bridgehead atoms. The maximum atomic E-state index is 14.3. The molecule has 0 amide bonds. The van der Waals surface area contributed by atoms with Crippen LogP contribution >= 0.6 is 0 Å². The van der Waals surface area contributed by atoms with Crippen molar-refractivity contribution in [3.63, 3.8) is 0 Å². The number of ketones is 1. The lowest BCUT2D eigenvalue weighted by Crippen LogP contribution is -2.37. The van der Waals surface area contributed by atoms with Gasteiger partial charge in [-0.1, -0.05) is 6.92 Å². The first-order valence-electron chi connectivity index (χ1n) is 12.8. The van der Waals surface area contributed by atoms with E-state index in [0.29, 0.717) is 40.8 Å². The van der Waals surface area contributed by atoms with E-state index in [1.165, 1.54) is 6.07 Å². The number of likely N-dealkylation sites (tertiary alicyclic amines) is 1. The summed E-state index contributed by atoms with van der Waals surface area (Å²) < 4.78 is 35.7. The lowest BCUT2D eigenvalue weighted by Gasteiger charge is -2.29. The monoisotopic (exact) mass is 519 g/mol. The number of carbonyl (C=O) groups excluding carboxylic acids is 1. The molecule has 198 valence electrons. The van der Waals surface area contributed by atoms with Crippen LogP contribution in [-0.4, -0.2) is 44.9 Å². The van der Waals surface area contributed by atoms with E-state index in [0.717, 1.165) is 43.4 Å². The van der Waals surface area contributed by atoms with Crippen molar-refractivity contribution in [2.24, 2.45) is 13.0 Å². The second-order valence-corrected chi connectivity index (χ2v) is 10.1. The Labute approximate surface area is 220 Å². The Hall–Kier alpha value is -3.85. The SMILES string of the molecule is Cc1cc(Nc2nc3cc(Oc4ccnc(CC(=O)CN5CCC(C)CC5)c4)ccc3n2C)c(F)cc1F. The topological polar surface area (TPSA) is 72.3 Å². The van der Waals surface area contributed by atoms with E-state index in [4.69, 9.17) is 4.74 Å². The van der Waals surface area contributed by atoms with E-state index in [1.54, 1.807) is 35.9 Å². The summed E-state index contributed by atoms with van der Waals surface area (Å²) in [6.45, 7) is 6.22. The van der Waals surface area contributed by atoms with Gasteiger partial charge in [-0.25, -0.2) is 13.8 Å². The van der Waals surface area contributed by atoms with Crippen molar-refractivity contribution in [1.82, 2.24) is 19.4 Å². The van der Waals surface area contributed by atoms with Crippen LogP contribution in [0, 0.1) is 24.5 Å². The summed E-state index contributed by atoms with van der Waals surface area (Å²) in [5.74, 6) is 1.14. The number of aryl methyl sites for hydroxylation is 2. The summed E-state index contributed by atoms with van der Waals surface area (Å²) in [6.07, 6.45) is 4.17. The standard InChI is InChI=1S/C29H31F2N5O2/c1-18-7-10-36(11-8-18)17-21(37)13-20-14-23(6-9-32-20)38-22-4-5-28-27(15-22)34-29(35(28)3)33-26-12-19(2)24(30)16-25(26)31/h4-6,9,12,14-16,18H,7-8,10-11,13,17H2,1-3H3,(H,33,34). The highest BCUT2D eigenvalue weighted by Crippen LogP contribution is 2.29. The molecule has 0 aliphatic carbocycles. The number of benzene rings is 2. The highest BCUT2D eigenvalue weighted by Gasteiger charge is 2.19. The summed E-state index contributed by atoms with van der Waals surface area (Å²) in [5.41, 5.74) is 2.61. The number of pyridine rings is 1. The zero-order valence-electron chi connectivity index (χ0n) is 21.8. The maximum absolute atomic E-state index is 14.3. The molecular weight excluding hydrogens is 488 g/mol. The minimum absolute atomic E-state index is 0.145. The van der Waals surface area contributed by atoms with Crippen molar-refractivity contribution >= 4 is 28.5 Å². The number of fused-ring (bicyclic) bond motifs is 1. The smallest absolute Gasteiger partial charge is 0.208 e. The normalized spacial score (nSPS) is 14.7. The predicted octanol–water partition coefficient (Wildman–Crippen LogP) is 5.93. The Morgan fingerprint density at radius 1 is 1.08 bits per heavy atom. The fraction of sp³-hybridized carbons (Fsp3) is 0.345. The minimum atomic E-state index is -0.693. The van der Waals surface area contributed by atoms with Gasteiger partial charge in [0, 0.05) is 31.4 Å². The average molecular weight is 520 g/mol. The average Bonchev–Trinajstić information content (AvgIpc) is 3.18. The minimum Gasteiger partial charge on any atom is -0.457 e. The first-order chi connectivity index (χ1) is 18.2. The van der Waals surface area contributed by atoms with E-state index in [9.17, 15) is 13.6 Å². The molecule has 2 aromatic heterocycles. The summed E-state index contributed by atoms with van der Waals surface area (Å²) in [4.78, 5) is 23.8. The van der Waals surface area contributed by atoms with Crippen molar-refractivity contribution in [1.29, 1.82) is 0 Å². The van der Waals surface area contributed by atoms with Crippen LogP contribution in [0.3, 0.4) is 0 Å². The van der Waals surface area contributed by atoms with Crippen molar-refractivity contribution < 1.29 is 18.3 Å². The lowest BCUT2D eigenvalue weighted by molar-refractivity contribution is -0.119. The van der Waals surface area contributed by atoms with Crippen LogP contribution in [0.15, 0.2) is 48.7 Å². The fourth-order valence-corrected chi connectivity index (χ4v) is 4.71. The second-order valence-electron chi connectivity index (χ2n) is 10.1. The van der Waals surface area contributed by atoms with Crippen LogP contribution in [0.1, 0.15) is 31.0 Å². The lowest BCUT2D eigenvalue weighted by atomic mass is 9.99.